The highest BCUT2D eigenvalue weighted by Gasteiger charge is 2.25. The van der Waals surface area contributed by atoms with Gasteiger partial charge in [0.25, 0.3) is 0 Å². The van der Waals surface area contributed by atoms with E-state index < -0.39 is 0 Å². The zero-order chi connectivity index (χ0) is 17.6. The standard InChI is InChI=1S/C20H18O4S/c1-20(2,3)25-24-12-8-9-14-17(10-12)22-11-15-13-6-4-5-7-16(13)23-19(21)18(14)15/h4-10H,11H2,1-3H3. The molecular weight excluding hydrogens is 336 g/mol. The summed E-state index contributed by atoms with van der Waals surface area (Å²) in [6.07, 6.45) is 0. The third-order valence-corrected chi connectivity index (χ3v) is 4.68. The van der Waals surface area contributed by atoms with Gasteiger partial charge in [-0.1, -0.05) is 18.2 Å². The summed E-state index contributed by atoms with van der Waals surface area (Å²) in [5, 5.41) is 0.909. The van der Waals surface area contributed by atoms with Gasteiger partial charge in [0.15, 0.2) is 0 Å². The molecule has 0 saturated heterocycles. The van der Waals surface area contributed by atoms with Crippen molar-refractivity contribution in [3.05, 3.63) is 58.4 Å². The van der Waals surface area contributed by atoms with E-state index in [0.717, 1.165) is 16.5 Å². The third kappa shape index (κ3) is 3.00. The topological polar surface area (TPSA) is 48.7 Å². The summed E-state index contributed by atoms with van der Waals surface area (Å²) < 4.78 is 17.2. The molecule has 4 nitrogen and oxygen atoms in total. The van der Waals surface area contributed by atoms with Crippen LogP contribution in [-0.4, -0.2) is 4.75 Å². The van der Waals surface area contributed by atoms with Crippen LogP contribution in [0.4, 0.5) is 0 Å². The van der Waals surface area contributed by atoms with Gasteiger partial charge in [-0.15, -0.1) is 0 Å². The summed E-state index contributed by atoms with van der Waals surface area (Å²) in [6, 6.07) is 13.1. The highest BCUT2D eigenvalue weighted by atomic mass is 32.2. The summed E-state index contributed by atoms with van der Waals surface area (Å²) >= 11 is 1.39. The predicted molar refractivity (Wildman–Crippen MR) is 100 cm³/mol. The highest BCUT2D eigenvalue weighted by Crippen LogP contribution is 2.41. The van der Waals surface area contributed by atoms with Crippen molar-refractivity contribution >= 4 is 23.0 Å². The van der Waals surface area contributed by atoms with Crippen LogP contribution in [0.1, 0.15) is 26.3 Å². The van der Waals surface area contributed by atoms with Crippen LogP contribution in [0, 0.1) is 0 Å². The quantitative estimate of drug-likeness (QED) is 0.469. The zero-order valence-corrected chi connectivity index (χ0v) is 15.1. The van der Waals surface area contributed by atoms with Crippen molar-refractivity contribution in [2.45, 2.75) is 32.1 Å². The summed E-state index contributed by atoms with van der Waals surface area (Å²) in [5.74, 6) is 1.34. The molecule has 4 rings (SSSR count). The van der Waals surface area contributed by atoms with E-state index in [4.69, 9.17) is 13.3 Å². The van der Waals surface area contributed by atoms with Gasteiger partial charge in [-0.05, 0) is 39.0 Å². The number of hydrogen-bond donors (Lipinski definition) is 0. The molecule has 0 aliphatic carbocycles. The Kier molecular flexibility index (Phi) is 3.76. The minimum Gasteiger partial charge on any atom is -0.488 e. The fourth-order valence-corrected chi connectivity index (χ4v) is 3.29. The molecule has 0 spiro atoms. The summed E-state index contributed by atoms with van der Waals surface area (Å²) in [7, 11) is 0. The van der Waals surface area contributed by atoms with Gasteiger partial charge in [0, 0.05) is 27.3 Å². The van der Waals surface area contributed by atoms with E-state index in [0.29, 0.717) is 29.3 Å². The Morgan fingerprint density at radius 1 is 1.12 bits per heavy atom. The normalized spacial score (nSPS) is 13.1. The van der Waals surface area contributed by atoms with E-state index >= 15 is 0 Å². The average Bonchev–Trinajstić information content (AvgIpc) is 2.58. The maximum Gasteiger partial charge on any atom is 0.344 e. The Bertz CT molecular complexity index is 1010. The number of ether oxygens (including phenoxy) is 1. The van der Waals surface area contributed by atoms with Crippen molar-refractivity contribution in [2.75, 3.05) is 0 Å². The van der Waals surface area contributed by atoms with Gasteiger partial charge >= 0.3 is 5.63 Å². The lowest BCUT2D eigenvalue weighted by Crippen LogP contribution is -2.15. The predicted octanol–water partition coefficient (Wildman–Crippen LogP) is 5.18. The minimum absolute atomic E-state index is 0.0106. The molecule has 1 aliphatic heterocycles. The van der Waals surface area contributed by atoms with Crippen LogP contribution in [0.5, 0.6) is 11.5 Å². The van der Waals surface area contributed by atoms with Crippen molar-refractivity contribution in [3.63, 3.8) is 0 Å². The summed E-state index contributed by atoms with van der Waals surface area (Å²) in [4.78, 5) is 12.5. The van der Waals surface area contributed by atoms with Gasteiger partial charge in [-0.3, -0.25) is 0 Å². The molecule has 1 aliphatic rings. The first kappa shape index (κ1) is 16.1. The Morgan fingerprint density at radius 2 is 1.92 bits per heavy atom. The van der Waals surface area contributed by atoms with Crippen LogP contribution in [0.3, 0.4) is 0 Å². The number of hydrogen-bond acceptors (Lipinski definition) is 5. The van der Waals surface area contributed by atoms with E-state index in [1.54, 1.807) is 6.07 Å². The largest absolute Gasteiger partial charge is 0.488 e. The molecule has 0 N–H and O–H groups in total. The number of para-hydroxylation sites is 1. The molecule has 0 fully saturated rings. The van der Waals surface area contributed by atoms with Gasteiger partial charge in [-0.2, -0.15) is 0 Å². The van der Waals surface area contributed by atoms with E-state index in [9.17, 15) is 4.79 Å². The van der Waals surface area contributed by atoms with Gasteiger partial charge in [0.2, 0.25) is 0 Å². The van der Waals surface area contributed by atoms with Crippen molar-refractivity contribution in [2.24, 2.45) is 0 Å². The first-order valence-electron chi connectivity index (χ1n) is 8.10. The van der Waals surface area contributed by atoms with E-state index in [2.05, 4.69) is 20.8 Å². The molecule has 0 amide bonds. The second kappa shape index (κ2) is 5.85. The Hall–Kier alpha value is -2.40. The van der Waals surface area contributed by atoms with Crippen LogP contribution in [-0.2, 0) is 6.61 Å². The molecule has 2 aromatic carbocycles. The highest BCUT2D eigenvalue weighted by molar-refractivity contribution is 7.96. The number of fused-ring (bicyclic) bond motifs is 5. The number of rotatable bonds is 2. The molecule has 3 aromatic rings. The fraction of sp³-hybridized carbons (Fsp3) is 0.250. The van der Waals surface area contributed by atoms with Crippen LogP contribution >= 0.6 is 12.0 Å². The van der Waals surface area contributed by atoms with Crippen molar-refractivity contribution in [1.82, 2.24) is 0 Å². The monoisotopic (exact) mass is 354 g/mol. The van der Waals surface area contributed by atoms with Crippen molar-refractivity contribution in [1.29, 1.82) is 0 Å². The molecule has 0 radical (unpaired) electrons. The van der Waals surface area contributed by atoms with Crippen LogP contribution in [0.25, 0.3) is 22.1 Å². The Morgan fingerprint density at radius 3 is 2.72 bits per heavy atom. The second-order valence-electron chi connectivity index (χ2n) is 6.96. The average molecular weight is 354 g/mol. The maximum atomic E-state index is 12.5. The fourth-order valence-electron chi connectivity index (χ4n) is 2.84. The molecule has 1 aromatic heterocycles. The lowest BCUT2D eigenvalue weighted by molar-refractivity contribution is 0.301. The molecule has 0 unspecified atom stereocenters. The van der Waals surface area contributed by atoms with Gasteiger partial charge in [0.05, 0.1) is 17.6 Å². The molecule has 128 valence electrons. The zero-order valence-electron chi connectivity index (χ0n) is 14.3. The maximum absolute atomic E-state index is 12.5. The minimum atomic E-state index is -0.337. The molecule has 0 bridgehead atoms. The van der Waals surface area contributed by atoms with Crippen LogP contribution in [0.2, 0.25) is 0 Å². The number of benzene rings is 2. The molecular formula is C20H18O4S. The molecule has 5 heteroatoms. The SMILES string of the molecule is CC(C)(C)SOc1ccc2c(c1)OCc1c-2c(=O)oc2ccccc12. The van der Waals surface area contributed by atoms with Crippen molar-refractivity contribution in [3.8, 4) is 22.6 Å². The van der Waals surface area contributed by atoms with E-state index in [1.165, 1.54) is 12.0 Å². The lowest BCUT2D eigenvalue weighted by Gasteiger charge is -2.22. The Labute approximate surface area is 150 Å². The van der Waals surface area contributed by atoms with Crippen LogP contribution < -0.4 is 14.5 Å². The van der Waals surface area contributed by atoms with Crippen molar-refractivity contribution < 1.29 is 13.3 Å². The van der Waals surface area contributed by atoms with E-state index in [-0.39, 0.29) is 10.4 Å². The smallest absolute Gasteiger partial charge is 0.344 e. The molecule has 0 atom stereocenters. The van der Waals surface area contributed by atoms with Gasteiger partial charge in [-0.25, -0.2) is 4.79 Å². The van der Waals surface area contributed by atoms with Gasteiger partial charge in [0.1, 0.15) is 23.7 Å². The van der Waals surface area contributed by atoms with Crippen LogP contribution in [0.15, 0.2) is 51.7 Å². The Balaban J connectivity index is 1.80. The van der Waals surface area contributed by atoms with Gasteiger partial charge < -0.3 is 13.3 Å². The first-order valence-corrected chi connectivity index (χ1v) is 8.84. The second-order valence-corrected chi connectivity index (χ2v) is 8.52. The summed E-state index contributed by atoms with van der Waals surface area (Å²) in [5.41, 5.74) is 2.44. The van der Waals surface area contributed by atoms with E-state index in [1.807, 2.05) is 36.4 Å². The molecule has 25 heavy (non-hydrogen) atoms. The lowest BCUT2D eigenvalue weighted by atomic mass is 9.96. The third-order valence-electron chi connectivity index (χ3n) is 3.90. The first-order chi connectivity index (χ1) is 11.9. The summed E-state index contributed by atoms with van der Waals surface area (Å²) in [6.45, 7) is 6.59. The molecule has 2 heterocycles. The molecule has 0 saturated carbocycles.